The van der Waals surface area contributed by atoms with E-state index in [4.69, 9.17) is 11.6 Å². The first-order valence-electron chi connectivity index (χ1n) is 12.6. The number of benzene rings is 3. The predicted molar refractivity (Wildman–Crippen MR) is 159 cm³/mol. The molecule has 0 saturated heterocycles. The Labute approximate surface area is 244 Å². The maximum absolute atomic E-state index is 13.9. The lowest BCUT2D eigenvalue weighted by Crippen LogP contribution is -2.52. The zero-order chi connectivity index (χ0) is 28.7. The Morgan fingerprint density at radius 3 is 2.23 bits per heavy atom. The van der Waals surface area contributed by atoms with Gasteiger partial charge in [0, 0.05) is 22.1 Å². The van der Waals surface area contributed by atoms with Crippen molar-refractivity contribution in [1.82, 2.24) is 10.2 Å². The summed E-state index contributed by atoms with van der Waals surface area (Å²) in [5.41, 5.74) is 1.99. The average molecular weight is 635 g/mol. The average Bonchev–Trinajstić information content (AvgIpc) is 2.90. The summed E-state index contributed by atoms with van der Waals surface area (Å²) in [6.07, 6.45) is 0.736. The van der Waals surface area contributed by atoms with Gasteiger partial charge in [0.2, 0.25) is 11.8 Å². The van der Waals surface area contributed by atoms with E-state index in [9.17, 15) is 18.0 Å². The van der Waals surface area contributed by atoms with E-state index in [0.717, 1.165) is 26.3 Å². The van der Waals surface area contributed by atoms with Crippen LogP contribution < -0.4 is 9.62 Å². The summed E-state index contributed by atoms with van der Waals surface area (Å²) in [5.74, 6) is -0.818. The van der Waals surface area contributed by atoms with Gasteiger partial charge in [-0.2, -0.15) is 0 Å². The second-order valence-electron chi connectivity index (χ2n) is 9.45. The number of nitrogens with one attached hydrogen (secondary N) is 1. The fourth-order valence-corrected chi connectivity index (χ4v) is 5.68. The zero-order valence-electron chi connectivity index (χ0n) is 22.4. The molecule has 0 aliphatic rings. The maximum atomic E-state index is 13.9. The fourth-order valence-electron chi connectivity index (χ4n) is 3.88. The Hall–Kier alpha value is -2.88. The minimum absolute atomic E-state index is 0.00299. The number of hydrogen-bond donors (Lipinski definition) is 1. The van der Waals surface area contributed by atoms with Crippen LogP contribution in [0.1, 0.15) is 38.3 Å². The van der Waals surface area contributed by atoms with Gasteiger partial charge in [0.25, 0.3) is 10.0 Å². The fraction of sp³-hybridized carbons (Fsp3) is 0.310. The van der Waals surface area contributed by atoms with Crippen molar-refractivity contribution in [3.63, 3.8) is 0 Å². The number of aryl methyl sites for hydroxylation is 1. The van der Waals surface area contributed by atoms with Gasteiger partial charge in [-0.1, -0.05) is 58.7 Å². The quantitative estimate of drug-likeness (QED) is 0.283. The molecule has 208 valence electrons. The minimum Gasteiger partial charge on any atom is -0.352 e. The van der Waals surface area contributed by atoms with Gasteiger partial charge in [0.15, 0.2) is 0 Å². The molecule has 0 aromatic heterocycles. The topological polar surface area (TPSA) is 86.8 Å². The molecule has 0 bridgehead atoms. The lowest BCUT2D eigenvalue weighted by molar-refractivity contribution is -0.139. The molecule has 3 rings (SSSR count). The zero-order valence-corrected chi connectivity index (χ0v) is 25.6. The standard InChI is InChI=1S/C29H33BrClN3O4S/c1-5-21(3)32-29(36)22(4)33(18-23-9-11-24(30)12-10-23)28(35)19-34(26-8-6-7-20(2)17-26)39(37,38)27-15-13-25(31)14-16-27/h6-17,21-22H,5,18-19H2,1-4H3,(H,32,36)/t21-,22-/m0/s1. The summed E-state index contributed by atoms with van der Waals surface area (Å²) in [6, 6.07) is 19.2. The maximum Gasteiger partial charge on any atom is 0.264 e. The molecule has 39 heavy (non-hydrogen) atoms. The highest BCUT2D eigenvalue weighted by molar-refractivity contribution is 9.10. The van der Waals surface area contributed by atoms with Crippen molar-refractivity contribution in [3.05, 3.63) is 93.4 Å². The third-order valence-corrected chi connectivity index (χ3v) is 8.97. The van der Waals surface area contributed by atoms with Crippen LogP contribution in [0.3, 0.4) is 0 Å². The van der Waals surface area contributed by atoms with Crippen molar-refractivity contribution < 1.29 is 18.0 Å². The number of hydrogen-bond acceptors (Lipinski definition) is 4. The molecule has 1 N–H and O–H groups in total. The second kappa shape index (κ2) is 13.5. The Morgan fingerprint density at radius 2 is 1.64 bits per heavy atom. The number of halogens is 2. The highest BCUT2D eigenvalue weighted by atomic mass is 79.9. The summed E-state index contributed by atoms with van der Waals surface area (Å²) in [5, 5.41) is 3.33. The molecule has 3 aromatic rings. The smallest absolute Gasteiger partial charge is 0.264 e. The monoisotopic (exact) mass is 633 g/mol. The van der Waals surface area contributed by atoms with E-state index in [1.165, 1.54) is 29.2 Å². The van der Waals surface area contributed by atoms with Crippen molar-refractivity contribution in [3.8, 4) is 0 Å². The summed E-state index contributed by atoms with van der Waals surface area (Å²) in [4.78, 5) is 28.4. The van der Waals surface area contributed by atoms with Crippen LogP contribution in [0.2, 0.25) is 5.02 Å². The molecule has 0 fully saturated rings. The van der Waals surface area contributed by atoms with E-state index >= 15 is 0 Å². The molecule has 0 aliphatic carbocycles. The molecule has 0 unspecified atom stereocenters. The van der Waals surface area contributed by atoms with Crippen molar-refractivity contribution in [2.75, 3.05) is 10.8 Å². The van der Waals surface area contributed by atoms with Crippen LogP contribution in [-0.2, 0) is 26.2 Å². The van der Waals surface area contributed by atoms with E-state index in [0.29, 0.717) is 10.7 Å². The van der Waals surface area contributed by atoms with Gasteiger partial charge in [-0.15, -0.1) is 0 Å². The number of rotatable bonds is 11. The van der Waals surface area contributed by atoms with Crippen LogP contribution >= 0.6 is 27.5 Å². The highest BCUT2D eigenvalue weighted by Crippen LogP contribution is 2.26. The number of amides is 2. The Kier molecular flexibility index (Phi) is 10.6. The van der Waals surface area contributed by atoms with Gasteiger partial charge in [0.1, 0.15) is 12.6 Å². The largest absolute Gasteiger partial charge is 0.352 e. The molecule has 10 heteroatoms. The number of carbonyl (C=O) groups is 2. The molecule has 7 nitrogen and oxygen atoms in total. The normalized spacial score (nSPS) is 12.9. The molecule has 0 spiro atoms. The number of anilines is 1. The van der Waals surface area contributed by atoms with Crippen LogP contribution in [-0.4, -0.2) is 43.8 Å². The molecule has 3 aromatic carbocycles. The first-order valence-corrected chi connectivity index (χ1v) is 15.2. The van der Waals surface area contributed by atoms with Crippen LogP contribution in [0.15, 0.2) is 82.2 Å². The van der Waals surface area contributed by atoms with Crippen LogP contribution in [0, 0.1) is 6.92 Å². The number of nitrogens with zero attached hydrogens (tertiary/aromatic N) is 2. The summed E-state index contributed by atoms with van der Waals surface area (Å²) in [6.45, 7) is 6.99. The third-order valence-electron chi connectivity index (χ3n) is 6.40. The van der Waals surface area contributed by atoms with Gasteiger partial charge in [-0.05, 0) is 86.8 Å². The van der Waals surface area contributed by atoms with E-state index in [-0.39, 0.29) is 23.4 Å². The molecule has 2 amide bonds. The number of carbonyl (C=O) groups excluding carboxylic acids is 2. The molecular formula is C29H33BrClN3O4S. The first kappa shape index (κ1) is 30.7. The molecular weight excluding hydrogens is 602 g/mol. The molecule has 2 atom stereocenters. The Bertz CT molecular complexity index is 1400. The third kappa shape index (κ3) is 8.06. The van der Waals surface area contributed by atoms with Gasteiger partial charge in [0.05, 0.1) is 10.6 Å². The van der Waals surface area contributed by atoms with Gasteiger partial charge in [-0.25, -0.2) is 8.42 Å². The minimum atomic E-state index is -4.14. The lowest BCUT2D eigenvalue weighted by Gasteiger charge is -2.32. The lowest BCUT2D eigenvalue weighted by atomic mass is 10.1. The summed E-state index contributed by atoms with van der Waals surface area (Å²) < 4.78 is 29.6. The van der Waals surface area contributed by atoms with Crippen LogP contribution in [0.5, 0.6) is 0 Å². The van der Waals surface area contributed by atoms with Crippen LogP contribution in [0.4, 0.5) is 5.69 Å². The SMILES string of the molecule is CC[C@H](C)NC(=O)[C@H](C)N(Cc1ccc(Br)cc1)C(=O)CN(c1cccc(C)c1)S(=O)(=O)c1ccc(Cl)cc1. The molecule has 0 saturated carbocycles. The molecule has 0 aliphatic heterocycles. The predicted octanol–water partition coefficient (Wildman–Crippen LogP) is 5.94. The van der Waals surface area contributed by atoms with E-state index in [1.807, 2.05) is 51.1 Å². The molecule has 0 heterocycles. The van der Waals surface area contributed by atoms with Gasteiger partial charge < -0.3 is 10.2 Å². The van der Waals surface area contributed by atoms with Gasteiger partial charge in [-0.3, -0.25) is 13.9 Å². The van der Waals surface area contributed by atoms with E-state index < -0.39 is 28.5 Å². The highest BCUT2D eigenvalue weighted by Gasteiger charge is 2.32. The second-order valence-corrected chi connectivity index (χ2v) is 12.7. The Morgan fingerprint density at radius 1 is 1.00 bits per heavy atom. The molecule has 0 radical (unpaired) electrons. The van der Waals surface area contributed by atoms with Crippen molar-refractivity contribution in [2.24, 2.45) is 0 Å². The summed E-state index contributed by atoms with van der Waals surface area (Å²) >= 11 is 9.41. The van der Waals surface area contributed by atoms with Crippen molar-refractivity contribution in [1.29, 1.82) is 0 Å². The first-order chi connectivity index (χ1) is 18.4. The van der Waals surface area contributed by atoms with E-state index in [2.05, 4.69) is 21.2 Å². The van der Waals surface area contributed by atoms with E-state index in [1.54, 1.807) is 25.1 Å². The van der Waals surface area contributed by atoms with Gasteiger partial charge >= 0.3 is 0 Å². The number of sulfonamides is 1. The summed E-state index contributed by atoms with van der Waals surface area (Å²) in [7, 11) is -4.14. The van der Waals surface area contributed by atoms with Crippen LogP contribution in [0.25, 0.3) is 0 Å². The van der Waals surface area contributed by atoms with Crippen molar-refractivity contribution >= 4 is 55.1 Å². The van der Waals surface area contributed by atoms with Crippen molar-refractivity contribution in [2.45, 2.75) is 57.6 Å². The Balaban J connectivity index is 2.02.